The number of nitrogens with zero attached hydrogens (tertiary/aromatic N) is 1. The highest BCUT2D eigenvalue weighted by Gasteiger charge is 2.38. The number of nitrogens with two attached hydrogens (primary N) is 1. The van der Waals surface area contributed by atoms with Crippen molar-refractivity contribution in [3.8, 4) is 17.6 Å². The molecule has 0 saturated carbocycles. The molecule has 2 rings (SSSR count). The van der Waals surface area contributed by atoms with E-state index in [1.54, 1.807) is 26.0 Å². The SMILES string of the molecule is CCOC(=O)C1=C(C)OC(N)=C(C#N)C1c1cc(Br)cc(OC)c1OC. The molecule has 26 heavy (non-hydrogen) atoms. The van der Waals surface area contributed by atoms with Gasteiger partial charge in [0.2, 0.25) is 5.88 Å². The Morgan fingerprint density at radius 2 is 2.08 bits per heavy atom. The molecule has 1 aromatic rings. The summed E-state index contributed by atoms with van der Waals surface area (Å²) in [4.78, 5) is 12.6. The molecule has 0 saturated heterocycles. The molecular weight excluding hydrogens is 404 g/mol. The molecule has 0 amide bonds. The number of hydrogen-bond acceptors (Lipinski definition) is 7. The summed E-state index contributed by atoms with van der Waals surface area (Å²) in [7, 11) is 2.98. The van der Waals surface area contributed by atoms with E-state index in [0.717, 1.165) is 0 Å². The van der Waals surface area contributed by atoms with Crippen molar-refractivity contribution in [2.24, 2.45) is 5.73 Å². The normalized spacial score (nSPS) is 16.7. The van der Waals surface area contributed by atoms with Crippen LogP contribution < -0.4 is 15.2 Å². The summed E-state index contributed by atoms with van der Waals surface area (Å²) in [6.07, 6.45) is 0. The van der Waals surface area contributed by atoms with Crippen LogP contribution in [0.25, 0.3) is 0 Å². The molecule has 1 unspecified atom stereocenters. The molecule has 0 aliphatic carbocycles. The molecule has 138 valence electrons. The van der Waals surface area contributed by atoms with Gasteiger partial charge in [-0.3, -0.25) is 0 Å². The van der Waals surface area contributed by atoms with Gasteiger partial charge >= 0.3 is 5.97 Å². The molecule has 7 nitrogen and oxygen atoms in total. The lowest BCUT2D eigenvalue weighted by atomic mass is 9.82. The second kappa shape index (κ2) is 8.15. The Hall–Kier alpha value is -2.66. The van der Waals surface area contributed by atoms with Gasteiger partial charge in [0.25, 0.3) is 0 Å². The van der Waals surface area contributed by atoms with Crippen molar-refractivity contribution in [1.82, 2.24) is 0 Å². The van der Waals surface area contributed by atoms with Crippen LogP contribution in [0.3, 0.4) is 0 Å². The first kappa shape index (κ1) is 19.7. The fourth-order valence-corrected chi connectivity index (χ4v) is 3.29. The maximum absolute atomic E-state index is 12.6. The third-order valence-electron chi connectivity index (χ3n) is 3.88. The van der Waals surface area contributed by atoms with E-state index >= 15 is 0 Å². The smallest absolute Gasteiger partial charge is 0.338 e. The second-order valence-corrected chi connectivity index (χ2v) is 6.26. The fourth-order valence-electron chi connectivity index (χ4n) is 2.84. The van der Waals surface area contributed by atoms with Gasteiger partial charge in [0.05, 0.1) is 32.3 Å². The van der Waals surface area contributed by atoms with Crippen LogP contribution in [0.5, 0.6) is 11.5 Å². The minimum atomic E-state index is -0.811. The predicted octanol–water partition coefficient (Wildman–Crippen LogP) is 3.11. The molecule has 1 heterocycles. The summed E-state index contributed by atoms with van der Waals surface area (Å²) < 4.78 is 22.1. The highest BCUT2D eigenvalue weighted by molar-refractivity contribution is 9.10. The molecule has 8 heteroatoms. The first-order valence-corrected chi connectivity index (χ1v) is 8.55. The van der Waals surface area contributed by atoms with Gasteiger partial charge in [0.15, 0.2) is 11.5 Å². The molecule has 1 aliphatic rings. The van der Waals surface area contributed by atoms with Gasteiger partial charge in [0, 0.05) is 10.0 Å². The van der Waals surface area contributed by atoms with Gasteiger partial charge in [-0.1, -0.05) is 15.9 Å². The summed E-state index contributed by atoms with van der Waals surface area (Å²) >= 11 is 3.41. The molecule has 0 bridgehead atoms. The van der Waals surface area contributed by atoms with Crippen LogP contribution in [0.1, 0.15) is 25.3 Å². The second-order valence-electron chi connectivity index (χ2n) is 5.35. The van der Waals surface area contributed by atoms with Gasteiger partial charge in [-0.15, -0.1) is 0 Å². The highest BCUT2D eigenvalue weighted by atomic mass is 79.9. The molecule has 1 atom stereocenters. The molecule has 1 aromatic carbocycles. The van der Waals surface area contributed by atoms with Gasteiger partial charge < -0.3 is 24.7 Å². The number of rotatable bonds is 5. The van der Waals surface area contributed by atoms with E-state index < -0.39 is 11.9 Å². The first-order valence-electron chi connectivity index (χ1n) is 7.76. The van der Waals surface area contributed by atoms with Crippen molar-refractivity contribution in [1.29, 1.82) is 5.26 Å². The van der Waals surface area contributed by atoms with Crippen molar-refractivity contribution < 1.29 is 23.7 Å². The van der Waals surface area contributed by atoms with Crippen LogP contribution >= 0.6 is 15.9 Å². The zero-order chi connectivity index (χ0) is 19.4. The van der Waals surface area contributed by atoms with E-state index in [0.29, 0.717) is 21.5 Å². The third-order valence-corrected chi connectivity index (χ3v) is 4.34. The van der Waals surface area contributed by atoms with Crippen molar-refractivity contribution >= 4 is 21.9 Å². The zero-order valence-corrected chi connectivity index (χ0v) is 16.5. The van der Waals surface area contributed by atoms with E-state index in [4.69, 9.17) is 24.7 Å². The third kappa shape index (κ3) is 3.48. The van der Waals surface area contributed by atoms with Crippen molar-refractivity contribution in [2.45, 2.75) is 19.8 Å². The van der Waals surface area contributed by atoms with Crippen LogP contribution in [-0.2, 0) is 14.3 Å². The summed E-state index contributed by atoms with van der Waals surface area (Å²) in [5.74, 6) is -0.363. The Morgan fingerprint density at radius 3 is 2.62 bits per heavy atom. The van der Waals surface area contributed by atoms with Crippen molar-refractivity contribution in [3.05, 3.63) is 45.0 Å². The van der Waals surface area contributed by atoms with Crippen LogP contribution in [-0.4, -0.2) is 26.8 Å². The molecule has 1 aliphatic heterocycles. The largest absolute Gasteiger partial charge is 0.493 e. The van der Waals surface area contributed by atoms with Crippen LogP contribution in [0.2, 0.25) is 0 Å². The van der Waals surface area contributed by atoms with Crippen LogP contribution in [0, 0.1) is 11.3 Å². The lowest BCUT2D eigenvalue weighted by Crippen LogP contribution is -2.26. The monoisotopic (exact) mass is 422 g/mol. The number of nitriles is 1. The van der Waals surface area contributed by atoms with Gasteiger partial charge in [-0.2, -0.15) is 5.26 Å². The van der Waals surface area contributed by atoms with Crippen molar-refractivity contribution in [2.75, 3.05) is 20.8 Å². The van der Waals surface area contributed by atoms with E-state index in [2.05, 4.69) is 15.9 Å². The number of ether oxygens (including phenoxy) is 4. The number of esters is 1. The minimum absolute atomic E-state index is 0.0657. The van der Waals surface area contributed by atoms with Gasteiger partial charge in [-0.05, 0) is 26.0 Å². The maximum Gasteiger partial charge on any atom is 0.338 e. The predicted molar refractivity (Wildman–Crippen MR) is 97.2 cm³/mol. The lowest BCUT2D eigenvalue weighted by Gasteiger charge is -2.28. The number of benzene rings is 1. The Bertz CT molecular complexity index is 839. The number of halogens is 1. The van der Waals surface area contributed by atoms with Crippen LogP contribution in [0.15, 0.2) is 39.4 Å². The summed E-state index contributed by atoms with van der Waals surface area (Å²) in [6, 6.07) is 5.50. The summed E-state index contributed by atoms with van der Waals surface area (Å²) in [5, 5.41) is 9.64. The Kier molecular flexibility index (Phi) is 6.16. The zero-order valence-electron chi connectivity index (χ0n) is 14.9. The molecule has 0 spiro atoms. The minimum Gasteiger partial charge on any atom is -0.493 e. The number of hydrogen-bond donors (Lipinski definition) is 1. The van der Waals surface area contributed by atoms with E-state index in [9.17, 15) is 10.1 Å². The summed E-state index contributed by atoms with van der Waals surface area (Å²) in [6.45, 7) is 3.48. The Labute approximate surface area is 160 Å². The fraction of sp³-hybridized carbons (Fsp3) is 0.333. The van der Waals surface area contributed by atoms with Gasteiger partial charge in [-0.25, -0.2) is 4.79 Å². The topological polar surface area (TPSA) is 104 Å². The number of methoxy groups -OCH3 is 2. The molecule has 0 radical (unpaired) electrons. The maximum atomic E-state index is 12.6. The van der Waals surface area contributed by atoms with Crippen LogP contribution in [0.4, 0.5) is 0 Å². The average Bonchev–Trinajstić information content (AvgIpc) is 2.60. The van der Waals surface area contributed by atoms with Crippen molar-refractivity contribution in [3.63, 3.8) is 0 Å². The average molecular weight is 423 g/mol. The molecule has 0 aromatic heterocycles. The standard InChI is InChI=1S/C18H19BrN2O5/c1-5-25-18(22)14-9(2)26-17(21)12(8-20)15(14)11-6-10(19)7-13(23-3)16(11)24-4/h6-7,15H,5,21H2,1-4H3. The number of carbonyl (C=O) groups is 1. The molecular formula is C18H19BrN2O5. The van der Waals surface area contributed by atoms with E-state index in [1.165, 1.54) is 14.2 Å². The molecule has 2 N–H and O–H groups in total. The van der Waals surface area contributed by atoms with Gasteiger partial charge in [0.1, 0.15) is 17.4 Å². The number of carbonyl (C=O) groups excluding carboxylic acids is 1. The summed E-state index contributed by atoms with van der Waals surface area (Å²) in [5.41, 5.74) is 6.73. The Balaban J connectivity index is 2.80. The quantitative estimate of drug-likeness (QED) is 0.726. The van der Waals surface area contributed by atoms with E-state index in [-0.39, 0.29) is 29.4 Å². The first-order chi connectivity index (χ1) is 12.4. The Morgan fingerprint density at radius 1 is 1.38 bits per heavy atom. The lowest BCUT2D eigenvalue weighted by molar-refractivity contribution is -0.139. The molecule has 0 fully saturated rings. The highest BCUT2D eigenvalue weighted by Crippen LogP contribution is 2.47. The number of allylic oxidation sites excluding steroid dienone is 2. The van der Waals surface area contributed by atoms with E-state index in [1.807, 2.05) is 6.07 Å².